The van der Waals surface area contributed by atoms with Crippen molar-refractivity contribution in [3.63, 3.8) is 0 Å². The highest BCUT2D eigenvalue weighted by Gasteiger charge is 2.11. The van der Waals surface area contributed by atoms with Crippen LogP contribution in [0.2, 0.25) is 10.0 Å². The van der Waals surface area contributed by atoms with Crippen LogP contribution in [-0.2, 0) is 11.2 Å². The van der Waals surface area contributed by atoms with Crippen LogP contribution in [0.25, 0.3) is 5.69 Å². The minimum Gasteiger partial charge on any atom is -0.318 e. The van der Waals surface area contributed by atoms with Gasteiger partial charge < -0.3 is 4.57 Å². The van der Waals surface area contributed by atoms with E-state index in [-0.39, 0.29) is 5.91 Å². The van der Waals surface area contributed by atoms with Gasteiger partial charge in [0.2, 0.25) is 5.91 Å². The molecule has 0 aliphatic heterocycles. The van der Waals surface area contributed by atoms with Crippen LogP contribution < -0.4 is 5.43 Å². The number of aromatic nitrogens is 1. The van der Waals surface area contributed by atoms with E-state index in [0.717, 1.165) is 27.5 Å². The molecule has 7 heteroatoms. The molecule has 0 fully saturated rings. The van der Waals surface area contributed by atoms with Crippen molar-refractivity contribution in [2.45, 2.75) is 20.3 Å². The van der Waals surface area contributed by atoms with E-state index >= 15 is 0 Å². The number of rotatable bonds is 5. The molecule has 26 heavy (non-hydrogen) atoms. The number of hydrazone groups is 1. The van der Waals surface area contributed by atoms with Gasteiger partial charge in [0.25, 0.3) is 0 Å². The Balaban J connectivity index is 1.76. The van der Waals surface area contributed by atoms with Gasteiger partial charge in [0.15, 0.2) is 0 Å². The molecule has 0 spiro atoms. The molecule has 3 aromatic rings. The second kappa shape index (κ2) is 8.08. The second-order valence-corrected chi connectivity index (χ2v) is 7.74. The fourth-order valence-corrected chi connectivity index (χ4v) is 3.99. The lowest BCUT2D eigenvalue weighted by atomic mass is 10.2. The molecule has 0 unspecified atom stereocenters. The number of thiophene rings is 1. The third kappa shape index (κ3) is 4.36. The standard InChI is InChI=1S/C19H17Cl2N3OS/c1-12-6-14(11-22-23-19(25)10-18-4-3-5-26-18)13(2)24(12)17-8-15(20)7-16(21)9-17/h3-9,11H,10H2,1-2H3,(H,23,25). The van der Waals surface area contributed by atoms with Gasteiger partial charge in [-0.1, -0.05) is 29.3 Å². The van der Waals surface area contributed by atoms with Gasteiger partial charge in [0, 0.05) is 37.6 Å². The Morgan fingerprint density at radius 1 is 1.23 bits per heavy atom. The number of nitrogens with zero attached hydrogens (tertiary/aromatic N) is 2. The van der Waals surface area contributed by atoms with E-state index < -0.39 is 0 Å². The van der Waals surface area contributed by atoms with E-state index in [1.807, 2.05) is 54.1 Å². The molecular formula is C19H17Cl2N3OS. The van der Waals surface area contributed by atoms with Crippen molar-refractivity contribution in [1.82, 2.24) is 9.99 Å². The Morgan fingerprint density at radius 2 is 1.96 bits per heavy atom. The lowest BCUT2D eigenvalue weighted by Gasteiger charge is -2.10. The van der Waals surface area contributed by atoms with Crippen LogP contribution in [-0.4, -0.2) is 16.7 Å². The average molecular weight is 406 g/mol. The van der Waals surface area contributed by atoms with Crippen molar-refractivity contribution in [2.24, 2.45) is 5.10 Å². The topological polar surface area (TPSA) is 46.4 Å². The summed E-state index contributed by atoms with van der Waals surface area (Å²) in [5.41, 5.74) is 6.37. The Labute approximate surface area is 166 Å². The first kappa shape index (κ1) is 18.7. The zero-order chi connectivity index (χ0) is 18.7. The van der Waals surface area contributed by atoms with Gasteiger partial charge in [-0.25, -0.2) is 5.43 Å². The Kier molecular flexibility index (Phi) is 5.81. The molecule has 0 aliphatic carbocycles. The van der Waals surface area contributed by atoms with Crippen LogP contribution >= 0.6 is 34.5 Å². The van der Waals surface area contributed by atoms with Crippen LogP contribution in [0.15, 0.2) is 46.9 Å². The maximum Gasteiger partial charge on any atom is 0.245 e. The third-order valence-corrected chi connectivity index (χ3v) is 5.20. The molecule has 1 N–H and O–H groups in total. The molecule has 0 atom stereocenters. The molecular weight excluding hydrogens is 389 g/mol. The van der Waals surface area contributed by atoms with Crippen molar-refractivity contribution in [3.8, 4) is 5.69 Å². The molecule has 0 bridgehead atoms. The number of aryl methyl sites for hydroxylation is 1. The molecule has 3 rings (SSSR count). The van der Waals surface area contributed by atoms with Crippen LogP contribution in [0.3, 0.4) is 0 Å². The number of carbonyl (C=O) groups excluding carboxylic acids is 1. The number of halogens is 2. The van der Waals surface area contributed by atoms with Crippen LogP contribution in [0.5, 0.6) is 0 Å². The van der Waals surface area contributed by atoms with Crippen molar-refractivity contribution in [1.29, 1.82) is 0 Å². The van der Waals surface area contributed by atoms with Gasteiger partial charge in [-0.2, -0.15) is 5.10 Å². The van der Waals surface area contributed by atoms with E-state index in [1.165, 1.54) is 0 Å². The number of benzene rings is 1. The molecule has 134 valence electrons. The molecule has 4 nitrogen and oxygen atoms in total. The number of hydrogen-bond acceptors (Lipinski definition) is 3. The smallest absolute Gasteiger partial charge is 0.245 e. The van der Waals surface area contributed by atoms with Crippen molar-refractivity contribution < 1.29 is 4.79 Å². The first-order chi connectivity index (χ1) is 12.4. The third-order valence-electron chi connectivity index (χ3n) is 3.88. The summed E-state index contributed by atoms with van der Waals surface area (Å²) in [5.74, 6) is -0.140. The SMILES string of the molecule is Cc1cc(C=NNC(=O)Cc2cccs2)c(C)n1-c1cc(Cl)cc(Cl)c1. The number of nitrogens with one attached hydrogen (secondary N) is 1. The van der Waals surface area contributed by atoms with Gasteiger partial charge >= 0.3 is 0 Å². The highest BCUT2D eigenvalue weighted by molar-refractivity contribution is 7.10. The Morgan fingerprint density at radius 3 is 2.62 bits per heavy atom. The fourth-order valence-electron chi connectivity index (χ4n) is 2.77. The summed E-state index contributed by atoms with van der Waals surface area (Å²) in [5, 5.41) is 7.19. The molecule has 2 heterocycles. The molecule has 0 radical (unpaired) electrons. The largest absolute Gasteiger partial charge is 0.318 e. The van der Waals surface area contributed by atoms with E-state index in [1.54, 1.807) is 23.6 Å². The first-order valence-corrected chi connectivity index (χ1v) is 9.57. The molecule has 0 saturated heterocycles. The van der Waals surface area contributed by atoms with Crippen LogP contribution in [0.4, 0.5) is 0 Å². The zero-order valence-corrected chi connectivity index (χ0v) is 16.6. The maximum atomic E-state index is 11.9. The van der Waals surface area contributed by atoms with Crippen LogP contribution in [0, 0.1) is 13.8 Å². The molecule has 1 aromatic carbocycles. The van der Waals surface area contributed by atoms with Gasteiger partial charge in [0.1, 0.15) is 0 Å². The average Bonchev–Trinajstić information content (AvgIpc) is 3.15. The van der Waals surface area contributed by atoms with Crippen molar-refractivity contribution in [2.75, 3.05) is 0 Å². The lowest BCUT2D eigenvalue weighted by molar-refractivity contribution is -0.120. The summed E-state index contributed by atoms with van der Waals surface area (Å²) in [6, 6.07) is 11.3. The highest BCUT2D eigenvalue weighted by atomic mass is 35.5. The molecule has 0 saturated carbocycles. The molecule has 1 amide bonds. The normalized spacial score (nSPS) is 11.2. The zero-order valence-electron chi connectivity index (χ0n) is 14.3. The number of hydrogen-bond donors (Lipinski definition) is 1. The summed E-state index contributed by atoms with van der Waals surface area (Å²) in [6.07, 6.45) is 1.98. The molecule has 0 aliphatic rings. The summed E-state index contributed by atoms with van der Waals surface area (Å²) < 4.78 is 2.05. The van der Waals surface area contributed by atoms with Gasteiger partial charge in [-0.05, 0) is 49.6 Å². The summed E-state index contributed by atoms with van der Waals surface area (Å²) in [7, 11) is 0. The predicted molar refractivity (Wildman–Crippen MR) is 109 cm³/mol. The summed E-state index contributed by atoms with van der Waals surface area (Å²) in [4.78, 5) is 12.9. The second-order valence-electron chi connectivity index (χ2n) is 5.84. The molecule has 2 aromatic heterocycles. The monoisotopic (exact) mass is 405 g/mol. The van der Waals surface area contributed by atoms with Gasteiger partial charge in [-0.3, -0.25) is 4.79 Å². The lowest BCUT2D eigenvalue weighted by Crippen LogP contribution is -2.19. The van der Waals surface area contributed by atoms with E-state index in [4.69, 9.17) is 23.2 Å². The predicted octanol–water partition coefficient (Wildman–Crippen LogP) is 5.16. The van der Waals surface area contributed by atoms with E-state index in [2.05, 4.69) is 10.5 Å². The first-order valence-electron chi connectivity index (χ1n) is 7.94. The summed E-state index contributed by atoms with van der Waals surface area (Å²) >= 11 is 13.8. The Hall–Kier alpha value is -2.08. The van der Waals surface area contributed by atoms with Crippen molar-refractivity contribution in [3.05, 3.63) is 73.7 Å². The van der Waals surface area contributed by atoms with Gasteiger partial charge in [-0.15, -0.1) is 11.3 Å². The van der Waals surface area contributed by atoms with E-state index in [9.17, 15) is 4.79 Å². The minimum atomic E-state index is -0.140. The van der Waals surface area contributed by atoms with Crippen LogP contribution in [0.1, 0.15) is 21.8 Å². The Bertz CT molecular complexity index is 941. The van der Waals surface area contributed by atoms with Gasteiger partial charge in [0.05, 0.1) is 12.6 Å². The maximum absolute atomic E-state index is 11.9. The minimum absolute atomic E-state index is 0.140. The fraction of sp³-hybridized carbons (Fsp3) is 0.158. The quantitative estimate of drug-likeness (QED) is 0.462. The highest BCUT2D eigenvalue weighted by Crippen LogP contribution is 2.26. The summed E-state index contributed by atoms with van der Waals surface area (Å²) in [6.45, 7) is 3.98. The van der Waals surface area contributed by atoms with E-state index in [0.29, 0.717) is 16.5 Å². The van der Waals surface area contributed by atoms with Crippen molar-refractivity contribution >= 4 is 46.7 Å². The number of amides is 1. The number of carbonyl (C=O) groups is 1.